The van der Waals surface area contributed by atoms with Crippen LogP contribution in [0.1, 0.15) is 126 Å². The van der Waals surface area contributed by atoms with Crippen LogP contribution in [0.25, 0.3) is 0 Å². The van der Waals surface area contributed by atoms with E-state index in [1.165, 1.54) is 44.9 Å². The minimum absolute atomic E-state index is 0.0969. The number of rotatable bonds is 7. The smallest absolute Gasteiger partial charge is 0.335 e. The van der Waals surface area contributed by atoms with Crippen LogP contribution in [0, 0.1) is 40.4 Å². The van der Waals surface area contributed by atoms with Crippen molar-refractivity contribution in [2.45, 2.75) is 117 Å². The average Bonchev–Trinajstić information content (AvgIpc) is 3.39. The summed E-state index contributed by atoms with van der Waals surface area (Å²) in [4.78, 5) is 20.4. The fourth-order valence-electron chi connectivity index (χ4n) is 9.84. The van der Waals surface area contributed by atoms with Gasteiger partial charge in [0.25, 0.3) is 0 Å². The predicted octanol–water partition coefficient (Wildman–Crippen LogP) is 9.27. The third-order valence-corrected chi connectivity index (χ3v) is 12.3. The fraction of sp³-hybridized carbons (Fsp3) is 0.610. The molecule has 8 atom stereocenters. The molecule has 0 spiro atoms. The van der Waals surface area contributed by atoms with Gasteiger partial charge >= 0.3 is 11.9 Å². The van der Waals surface area contributed by atoms with Gasteiger partial charge in [0.05, 0.1) is 22.8 Å². The van der Waals surface area contributed by atoms with Crippen molar-refractivity contribution in [2.75, 3.05) is 0 Å². The van der Waals surface area contributed by atoms with E-state index in [-0.39, 0.29) is 6.10 Å². The monoisotopic (exact) mass is 646 g/mol. The van der Waals surface area contributed by atoms with Gasteiger partial charge in [-0.25, -0.2) is 9.59 Å². The summed E-state index contributed by atoms with van der Waals surface area (Å²) < 4.78 is 0. The molecule has 0 aromatic heterocycles. The first-order valence-electron chi connectivity index (χ1n) is 17.8. The summed E-state index contributed by atoms with van der Waals surface area (Å²) in [6.07, 6.45) is 15.9. The summed E-state index contributed by atoms with van der Waals surface area (Å²) in [7, 11) is 0. The molecule has 4 aliphatic rings. The number of hydrogen-bond donors (Lipinski definition) is 4. The highest BCUT2D eigenvalue weighted by Gasteiger charge is 2.59. The number of hydrogen-bond acceptors (Lipinski definition) is 4. The van der Waals surface area contributed by atoms with Crippen molar-refractivity contribution in [2.24, 2.45) is 40.4 Å². The number of carboxylic acid groups (broad SMARTS) is 2. The third-order valence-electron chi connectivity index (χ3n) is 12.3. The van der Waals surface area contributed by atoms with Crippen molar-refractivity contribution in [1.82, 2.24) is 0 Å². The van der Waals surface area contributed by atoms with Gasteiger partial charge in [-0.05, 0) is 136 Å². The molecule has 6 nitrogen and oxygen atoms in total. The zero-order valence-electron chi connectivity index (χ0n) is 29.2. The molecule has 0 bridgehead atoms. The van der Waals surface area contributed by atoms with Crippen molar-refractivity contribution in [3.63, 3.8) is 0 Å². The van der Waals surface area contributed by atoms with Gasteiger partial charge in [-0.15, -0.1) is 0 Å². The van der Waals surface area contributed by atoms with E-state index in [0.29, 0.717) is 22.0 Å². The van der Waals surface area contributed by atoms with Crippen molar-refractivity contribution >= 4 is 11.9 Å². The lowest BCUT2D eigenvalue weighted by atomic mass is 9.47. The lowest BCUT2D eigenvalue weighted by Crippen LogP contribution is -2.50. The van der Waals surface area contributed by atoms with E-state index in [1.807, 2.05) is 13.8 Å². The van der Waals surface area contributed by atoms with E-state index < -0.39 is 17.5 Å². The standard InChI is InChI=1S/C27H46O2.2C7H6O2/c1-18(7-6-14-25(2,3)29)22-10-11-23-21-9-8-19-17-20(28)12-15-26(19,4)24(21)13-16-27(22,23)5;2*8-7(9)6-4-2-1-3-5-6/h8,18,20-24,28-29H,6-7,9-17H2,1-5H3;2*1-5H,(H,8,9)/t18-,20+,21+,22-,23+,24+,26+,27-;;/m1../s1. The molecule has 0 radical (unpaired) electrons. The molecule has 47 heavy (non-hydrogen) atoms. The molecule has 0 unspecified atom stereocenters. The van der Waals surface area contributed by atoms with Gasteiger partial charge in [-0.1, -0.05) is 81.7 Å². The lowest BCUT2D eigenvalue weighted by molar-refractivity contribution is -0.0575. The highest BCUT2D eigenvalue weighted by molar-refractivity contribution is 5.87. The average molecular weight is 647 g/mol. The van der Waals surface area contributed by atoms with Gasteiger partial charge in [0.2, 0.25) is 0 Å². The Morgan fingerprint density at radius 3 is 1.94 bits per heavy atom. The molecular weight excluding hydrogens is 588 g/mol. The van der Waals surface area contributed by atoms with Crippen LogP contribution in [-0.2, 0) is 0 Å². The highest BCUT2D eigenvalue weighted by Crippen LogP contribution is 2.67. The lowest BCUT2D eigenvalue weighted by Gasteiger charge is -2.58. The number of benzene rings is 2. The molecule has 6 heteroatoms. The minimum Gasteiger partial charge on any atom is -0.478 e. The molecule has 3 fully saturated rings. The molecular formula is C41H58O6. The van der Waals surface area contributed by atoms with Crippen LogP contribution >= 0.6 is 0 Å². The van der Waals surface area contributed by atoms with Crippen LogP contribution < -0.4 is 0 Å². The topological polar surface area (TPSA) is 115 Å². The number of carbonyl (C=O) groups is 2. The Morgan fingerprint density at radius 2 is 1.43 bits per heavy atom. The van der Waals surface area contributed by atoms with E-state index in [4.69, 9.17) is 10.2 Å². The van der Waals surface area contributed by atoms with Gasteiger partial charge in [0.1, 0.15) is 0 Å². The summed E-state index contributed by atoms with van der Waals surface area (Å²) in [6, 6.07) is 16.6. The Kier molecular flexibility index (Phi) is 12.2. The normalized spacial score (nSPS) is 31.6. The van der Waals surface area contributed by atoms with Gasteiger partial charge in [0, 0.05) is 0 Å². The molecule has 4 N–H and O–H groups in total. The first-order valence-corrected chi connectivity index (χ1v) is 17.8. The van der Waals surface area contributed by atoms with Crippen LogP contribution in [0.2, 0.25) is 0 Å². The Hall–Kier alpha value is -2.96. The van der Waals surface area contributed by atoms with Gasteiger partial charge in [-0.2, -0.15) is 0 Å². The van der Waals surface area contributed by atoms with E-state index in [0.717, 1.165) is 55.3 Å². The zero-order chi connectivity index (χ0) is 34.4. The Morgan fingerprint density at radius 1 is 0.851 bits per heavy atom. The van der Waals surface area contributed by atoms with E-state index in [1.54, 1.807) is 66.2 Å². The molecule has 0 aliphatic heterocycles. The Labute approximate surface area is 282 Å². The first kappa shape index (κ1) is 36.9. The summed E-state index contributed by atoms with van der Waals surface area (Å²) in [5.74, 6) is 2.49. The van der Waals surface area contributed by atoms with E-state index in [2.05, 4.69) is 26.8 Å². The maximum absolute atomic E-state index is 10.2. The number of aliphatic hydroxyl groups is 2. The summed E-state index contributed by atoms with van der Waals surface area (Å²) in [5.41, 5.74) is 2.62. The van der Waals surface area contributed by atoms with Gasteiger partial charge < -0.3 is 20.4 Å². The highest BCUT2D eigenvalue weighted by atomic mass is 16.4. The molecule has 0 heterocycles. The maximum atomic E-state index is 10.2. The van der Waals surface area contributed by atoms with Crippen molar-refractivity contribution < 1.29 is 30.0 Å². The van der Waals surface area contributed by atoms with Crippen LogP contribution in [0.4, 0.5) is 0 Å². The summed E-state index contributed by atoms with van der Waals surface area (Å²) >= 11 is 0. The molecule has 2 aromatic carbocycles. The second kappa shape index (κ2) is 15.5. The molecule has 6 rings (SSSR count). The summed E-state index contributed by atoms with van der Waals surface area (Å²) in [6.45, 7) is 11.6. The molecule has 4 aliphatic carbocycles. The van der Waals surface area contributed by atoms with Gasteiger partial charge in [0.15, 0.2) is 0 Å². The quantitative estimate of drug-likeness (QED) is 0.223. The number of fused-ring (bicyclic) bond motifs is 5. The fourth-order valence-corrected chi connectivity index (χ4v) is 9.84. The van der Waals surface area contributed by atoms with Crippen molar-refractivity contribution in [3.05, 3.63) is 83.4 Å². The number of aliphatic hydroxyl groups excluding tert-OH is 1. The number of carboxylic acids is 2. The van der Waals surface area contributed by atoms with E-state index >= 15 is 0 Å². The molecule has 0 saturated heterocycles. The van der Waals surface area contributed by atoms with Crippen molar-refractivity contribution in [3.8, 4) is 0 Å². The molecule has 2 aromatic rings. The Bertz CT molecular complexity index is 1300. The first-order chi connectivity index (χ1) is 22.2. The Balaban J connectivity index is 0.000000225. The largest absolute Gasteiger partial charge is 0.478 e. The van der Waals surface area contributed by atoms with Crippen LogP contribution in [-0.4, -0.2) is 44.1 Å². The maximum Gasteiger partial charge on any atom is 0.335 e. The van der Waals surface area contributed by atoms with Crippen molar-refractivity contribution in [1.29, 1.82) is 0 Å². The molecule has 258 valence electrons. The minimum atomic E-state index is -0.879. The SMILES string of the molecule is C[C@H](CCCC(C)(C)O)[C@H]1CC[C@H]2[C@@H]3CC=C4C[C@@H](O)CC[C@]4(C)[C@H]3CC[C@]12C.O=C(O)c1ccccc1.O=C(O)c1ccccc1. The second-order valence-corrected chi connectivity index (χ2v) is 15.9. The third kappa shape index (κ3) is 8.94. The molecule has 0 amide bonds. The predicted molar refractivity (Wildman–Crippen MR) is 187 cm³/mol. The molecule has 3 saturated carbocycles. The zero-order valence-corrected chi connectivity index (χ0v) is 29.2. The van der Waals surface area contributed by atoms with Crippen LogP contribution in [0.15, 0.2) is 72.3 Å². The van der Waals surface area contributed by atoms with Gasteiger partial charge in [-0.3, -0.25) is 0 Å². The summed E-state index contributed by atoms with van der Waals surface area (Å²) in [5, 5.41) is 37.1. The van der Waals surface area contributed by atoms with E-state index in [9.17, 15) is 19.8 Å². The number of allylic oxidation sites excluding steroid dienone is 1. The van der Waals surface area contributed by atoms with Crippen LogP contribution in [0.5, 0.6) is 0 Å². The van der Waals surface area contributed by atoms with Crippen LogP contribution in [0.3, 0.4) is 0 Å². The number of aromatic carboxylic acids is 2. The second-order valence-electron chi connectivity index (χ2n) is 15.9.